The Morgan fingerprint density at radius 1 is 1.25 bits per heavy atom. The predicted molar refractivity (Wildman–Crippen MR) is 74.6 cm³/mol. The Hall–Kier alpha value is -1.45. The summed E-state index contributed by atoms with van der Waals surface area (Å²) in [6, 6.07) is 0. The van der Waals surface area contributed by atoms with E-state index in [1.165, 1.54) is 12.8 Å². The van der Waals surface area contributed by atoms with Crippen molar-refractivity contribution in [1.29, 1.82) is 0 Å². The van der Waals surface area contributed by atoms with Crippen molar-refractivity contribution < 1.29 is 4.79 Å². The lowest BCUT2D eigenvalue weighted by Gasteiger charge is -2.36. The minimum atomic E-state index is -0.0470. The average molecular weight is 271 g/mol. The minimum Gasteiger partial charge on any atom is -0.350 e. The second kappa shape index (κ2) is 4.27. The van der Waals surface area contributed by atoms with Crippen LogP contribution in [0.5, 0.6) is 0 Å². The maximum absolute atomic E-state index is 12.6. The van der Waals surface area contributed by atoms with Crippen LogP contribution in [0.1, 0.15) is 43.5 Å². The number of carbonyl (C=O) groups excluding carboxylic acids is 1. The zero-order valence-corrected chi connectivity index (χ0v) is 11.9. The third kappa shape index (κ3) is 1.85. The van der Waals surface area contributed by atoms with Crippen LogP contribution >= 0.6 is 0 Å². The molecule has 20 heavy (non-hydrogen) atoms. The van der Waals surface area contributed by atoms with Crippen LogP contribution in [0.4, 0.5) is 0 Å². The van der Waals surface area contributed by atoms with Gasteiger partial charge in [0.05, 0.1) is 24.1 Å². The van der Waals surface area contributed by atoms with E-state index >= 15 is 0 Å². The van der Waals surface area contributed by atoms with Crippen LogP contribution in [0, 0.1) is 30.1 Å². The molecule has 0 aromatic carbocycles. The number of nitrogens with zero attached hydrogens (tertiary/aromatic N) is 2. The monoisotopic (exact) mass is 271 g/mol. The van der Waals surface area contributed by atoms with Crippen molar-refractivity contribution in [2.45, 2.75) is 45.6 Å². The van der Waals surface area contributed by atoms with Gasteiger partial charge in [0.15, 0.2) is 0 Å². The predicted octanol–water partition coefficient (Wildman–Crippen LogP) is 2.23. The maximum Gasteiger partial charge on any atom is 0.226 e. The molecule has 5 rings (SSSR count). The van der Waals surface area contributed by atoms with Crippen LogP contribution in [0.3, 0.4) is 0 Å². The largest absolute Gasteiger partial charge is 0.350 e. The molecule has 2 unspecified atom stereocenters. The number of aryl methyl sites for hydroxylation is 1. The summed E-state index contributed by atoms with van der Waals surface area (Å²) in [5.41, 5.74) is 1.70. The van der Waals surface area contributed by atoms with Gasteiger partial charge in [0.2, 0.25) is 5.91 Å². The van der Waals surface area contributed by atoms with Crippen molar-refractivity contribution in [2.24, 2.45) is 23.2 Å². The number of aromatic nitrogens is 2. The Morgan fingerprint density at radius 2 is 2.00 bits per heavy atom. The van der Waals surface area contributed by atoms with Gasteiger partial charge in [-0.15, -0.1) is 0 Å². The lowest BCUT2D eigenvalue weighted by Crippen LogP contribution is -2.43. The van der Waals surface area contributed by atoms with Crippen molar-refractivity contribution in [2.75, 3.05) is 0 Å². The van der Waals surface area contributed by atoms with Crippen molar-refractivity contribution in [3.05, 3.63) is 23.8 Å². The number of nitrogens with one attached hydrogen (secondary N) is 1. The van der Waals surface area contributed by atoms with Crippen molar-refractivity contribution >= 4 is 5.91 Å². The fraction of sp³-hybridized carbons (Fsp3) is 0.688. The average Bonchev–Trinajstić information content (AvgIpc) is 2.86. The fourth-order valence-electron chi connectivity index (χ4n) is 4.96. The molecule has 4 fully saturated rings. The summed E-state index contributed by atoms with van der Waals surface area (Å²) in [6.07, 6.45) is 9.63. The molecular weight excluding hydrogens is 250 g/mol. The van der Waals surface area contributed by atoms with E-state index in [0.29, 0.717) is 6.54 Å². The van der Waals surface area contributed by atoms with E-state index in [1.54, 1.807) is 12.4 Å². The Morgan fingerprint density at radius 3 is 2.60 bits per heavy atom. The maximum atomic E-state index is 12.6. The van der Waals surface area contributed by atoms with Gasteiger partial charge in [-0.2, -0.15) is 0 Å². The van der Waals surface area contributed by atoms with E-state index in [-0.39, 0.29) is 11.3 Å². The van der Waals surface area contributed by atoms with Gasteiger partial charge in [0.1, 0.15) is 0 Å². The highest BCUT2D eigenvalue weighted by atomic mass is 16.2. The van der Waals surface area contributed by atoms with Gasteiger partial charge in [0, 0.05) is 11.6 Å². The minimum absolute atomic E-state index is 0.0470. The van der Waals surface area contributed by atoms with Gasteiger partial charge in [-0.25, -0.2) is 0 Å². The van der Waals surface area contributed by atoms with Crippen molar-refractivity contribution in [3.63, 3.8) is 0 Å². The first-order valence-corrected chi connectivity index (χ1v) is 7.70. The molecule has 1 heterocycles. The van der Waals surface area contributed by atoms with E-state index in [2.05, 4.69) is 15.3 Å². The molecule has 4 aliphatic carbocycles. The molecule has 4 saturated carbocycles. The molecule has 1 aromatic heterocycles. The zero-order chi connectivity index (χ0) is 13.7. The van der Waals surface area contributed by atoms with Crippen LogP contribution in [0.25, 0.3) is 0 Å². The van der Waals surface area contributed by atoms with Crippen molar-refractivity contribution in [1.82, 2.24) is 15.3 Å². The first-order valence-electron chi connectivity index (χ1n) is 7.70. The third-order valence-electron chi connectivity index (χ3n) is 5.67. The smallest absolute Gasteiger partial charge is 0.226 e. The number of amides is 1. The fourth-order valence-corrected chi connectivity index (χ4v) is 4.96. The third-order valence-corrected chi connectivity index (χ3v) is 5.67. The number of hydrogen-bond acceptors (Lipinski definition) is 3. The summed E-state index contributed by atoms with van der Waals surface area (Å²) in [6.45, 7) is 2.43. The number of rotatable bonds is 3. The SMILES string of the molecule is Cc1cnc(CNC(=O)C23CC4CC(C2)C(C4)C3)cn1. The van der Waals surface area contributed by atoms with Crippen LogP contribution in [-0.2, 0) is 11.3 Å². The molecule has 4 aliphatic rings. The summed E-state index contributed by atoms with van der Waals surface area (Å²) in [5, 5.41) is 3.11. The normalized spacial score (nSPS) is 37.4. The second-order valence-electron chi connectivity index (χ2n) is 7.08. The molecule has 4 bridgehead atoms. The molecule has 0 radical (unpaired) electrons. The van der Waals surface area contributed by atoms with E-state index in [0.717, 1.165) is 48.4 Å². The molecule has 2 atom stereocenters. The van der Waals surface area contributed by atoms with Crippen LogP contribution in [-0.4, -0.2) is 15.9 Å². The van der Waals surface area contributed by atoms with Crippen LogP contribution < -0.4 is 5.32 Å². The molecule has 4 heteroatoms. The molecule has 0 aliphatic heterocycles. The summed E-state index contributed by atoms with van der Waals surface area (Å²) >= 11 is 0. The molecular formula is C16H21N3O. The summed E-state index contributed by atoms with van der Waals surface area (Å²) in [5.74, 6) is 2.74. The Bertz CT molecular complexity index is 520. The lowest BCUT2D eigenvalue weighted by atomic mass is 9.69. The summed E-state index contributed by atoms with van der Waals surface area (Å²) in [7, 11) is 0. The highest BCUT2D eigenvalue weighted by Crippen LogP contribution is 2.64. The first-order chi connectivity index (χ1) is 9.64. The van der Waals surface area contributed by atoms with Gasteiger partial charge in [0.25, 0.3) is 0 Å². The van der Waals surface area contributed by atoms with E-state index in [4.69, 9.17) is 0 Å². The highest BCUT2D eigenvalue weighted by Gasteiger charge is 2.58. The zero-order valence-electron chi connectivity index (χ0n) is 11.9. The van der Waals surface area contributed by atoms with Crippen LogP contribution in [0.2, 0.25) is 0 Å². The first kappa shape index (κ1) is 12.3. The van der Waals surface area contributed by atoms with Gasteiger partial charge in [-0.3, -0.25) is 14.8 Å². The van der Waals surface area contributed by atoms with Crippen molar-refractivity contribution in [3.8, 4) is 0 Å². The van der Waals surface area contributed by atoms with E-state index in [1.807, 2.05) is 6.92 Å². The highest BCUT2D eigenvalue weighted by molar-refractivity contribution is 5.83. The second-order valence-corrected chi connectivity index (χ2v) is 7.08. The summed E-state index contributed by atoms with van der Waals surface area (Å²) in [4.78, 5) is 21.1. The van der Waals surface area contributed by atoms with E-state index < -0.39 is 0 Å². The quantitative estimate of drug-likeness (QED) is 0.917. The summed E-state index contributed by atoms with van der Waals surface area (Å²) < 4.78 is 0. The van der Waals surface area contributed by atoms with Gasteiger partial charge in [-0.1, -0.05) is 0 Å². The standard InChI is InChI=1S/C16H21N3O/c1-10-7-18-14(8-17-10)9-19-15(20)16-4-11-2-12(5-16)13(3-11)6-16/h7-8,11-13H,2-6,9H2,1H3,(H,19,20). The molecule has 0 spiro atoms. The number of hydrogen-bond donors (Lipinski definition) is 1. The van der Waals surface area contributed by atoms with Gasteiger partial charge in [-0.05, 0) is 56.8 Å². The molecule has 1 amide bonds. The molecule has 0 saturated heterocycles. The number of carbonyl (C=O) groups is 1. The Kier molecular flexibility index (Phi) is 2.63. The molecule has 1 aromatic rings. The Balaban J connectivity index is 1.42. The molecule has 1 N–H and O–H groups in total. The van der Waals surface area contributed by atoms with Gasteiger partial charge < -0.3 is 5.32 Å². The van der Waals surface area contributed by atoms with Crippen LogP contribution in [0.15, 0.2) is 12.4 Å². The Labute approximate surface area is 119 Å². The molecule has 106 valence electrons. The van der Waals surface area contributed by atoms with Gasteiger partial charge >= 0.3 is 0 Å². The topological polar surface area (TPSA) is 54.9 Å². The lowest BCUT2D eigenvalue weighted by molar-refractivity contribution is -0.134. The van der Waals surface area contributed by atoms with E-state index in [9.17, 15) is 4.79 Å². The molecule has 4 nitrogen and oxygen atoms in total.